The van der Waals surface area contributed by atoms with Crippen LogP contribution in [0.5, 0.6) is 0 Å². The van der Waals surface area contributed by atoms with Crippen LogP contribution in [0.25, 0.3) is 0 Å². The Hall–Kier alpha value is -1.10. The number of nitriles is 2. The van der Waals surface area contributed by atoms with Crippen molar-refractivity contribution in [1.29, 1.82) is 10.5 Å². The lowest BCUT2D eigenvalue weighted by atomic mass is 10.5. The third-order valence-corrected chi connectivity index (χ3v) is 1.20. The Morgan fingerprint density at radius 1 is 1.27 bits per heavy atom. The molecule has 0 amide bonds. The summed E-state index contributed by atoms with van der Waals surface area (Å²) in [5.41, 5.74) is 0. The zero-order chi connectivity index (χ0) is 8.53. The lowest BCUT2D eigenvalue weighted by molar-refractivity contribution is 0.161. The highest BCUT2D eigenvalue weighted by atomic mass is 16.5. The molecule has 0 aliphatic rings. The van der Waals surface area contributed by atoms with Crippen LogP contribution in [0.1, 0.15) is 0 Å². The van der Waals surface area contributed by atoms with Crippen molar-refractivity contribution in [2.75, 3.05) is 33.4 Å². The SMILES string of the molecule is COCCN(CC#N)CC#N. The van der Waals surface area contributed by atoms with Gasteiger partial charge >= 0.3 is 0 Å². The van der Waals surface area contributed by atoms with Crippen molar-refractivity contribution >= 4 is 0 Å². The zero-order valence-corrected chi connectivity index (χ0v) is 6.58. The molecule has 0 aliphatic heterocycles. The van der Waals surface area contributed by atoms with Crippen LogP contribution in [-0.4, -0.2) is 38.3 Å². The monoisotopic (exact) mass is 153 g/mol. The number of nitrogens with zero attached hydrogens (tertiary/aromatic N) is 3. The first kappa shape index (κ1) is 9.90. The standard InChI is InChI=1S/C7H11N3O/c1-11-7-6-10(4-2-8)5-3-9/h4-7H2,1H3. The van der Waals surface area contributed by atoms with Crippen LogP contribution in [0.3, 0.4) is 0 Å². The van der Waals surface area contributed by atoms with Gasteiger partial charge in [0.05, 0.1) is 31.8 Å². The Morgan fingerprint density at radius 2 is 1.82 bits per heavy atom. The Balaban J connectivity index is 3.54. The van der Waals surface area contributed by atoms with Gasteiger partial charge in [-0.3, -0.25) is 4.90 Å². The highest BCUT2D eigenvalue weighted by Gasteiger charge is 2.00. The van der Waals surface area contributed by atoms with Gasteiger partial charge in [-0.1, -0.05) is 0 Å². The third kappa shape index (κ3) is 5.35. The largest absolute Gasteiger partial charge is 0.383 e. The van der Waals surface area contributed by atoms with Gasteiger partial charge in [0.15, 0.2) is 0 Å². The zero-order valence-electron chi connectivity index (χ0n) is 6.58. The van der Waals surface area contributed by atoms with Crippen molar-refractivity contribution in [3.63, 3.8) is 0 Å². The first-order chi connectivity index (χ1) is 5.35. The maximum absolute atomic E-state index is 8.32. The van der Waals surface area contributed by atoms with E-state index in [2.05, 4.69) is 0 Å². The fourth-order valence-corrected chi connectivity index (χ4v) is 0.634. The molecule has 0 spiro atoms. The van der Waals surface area contributed by atoms with Gasteiger partial charge in [0.25, 0.3) is 0 Å². The molecule has 0 saturated heterocycles. The summed E-state index contributed by atoms with van der Waals surface area (Å²) >= 11 is 0. The van der Waals surface area contributed by atoms with E-state index >= 15 is 0 Å². The van der Waals surface area contributed by atoms with E-state index in [4.69, 9.17) is 15.3 Å². The molecule has 0 aromatic rings. The lowest BCUT2D eigenvalue weighted by Crippen LogP contribution is -2.28. The highest BCUT2D eigenvalue weighted by molar-refractivity contribution is 4.83. The van der Waals surface area contributed by atoms with Crippen LogP contribution >= 0.6 is 0 Å². The van der Waals surface area contributed by atoms with Crippen LogP contribution < -0.4 is 0 Å². The van der Waals surface area contributed by atoms with Crippen molar-refractivity contribution in [2.45, 2.75) is 0 Å². The lowest BCUT2D eigenvalue weighted by Gasteiger charge is -2.13. The summed E-state index contributed by atoms with van der Waals surface area (Å²) in [5.74, 6) is 0. The summed E-state index contributed by atoms with van der Waals surface area (Å²) < 4.78 is 4.80. The Bertz CT molecular complexity index is 152. The van der Waals surface area contributed by atoms with E-state index in [9.17, 15) is 0 Å². The van der Waals surface area contributed by atoms with E-state index in [1.807, 2.05) is 12.1 Å². The second kappa shape index (κ2) is 7.01. The topological polar surface area (TPSA) is 60.0 Å². The van der Waals surface area contributed by atoms with E-state index in [1.54, 1.807) is 12.0 Å². The summed E-state index contributed by atoms with van der Waals surface area (Å²) in [7, 11) is 1.59. The average Bonchev–Trinajstić information content (AvgIpc) is 2.01. The molecule has 0 unspecified atom stereocenters. The van der Waals surface area contributed by atoms with E-state index < -0.39 is 0 Å². The van der Waals surface area contributed by atoms with E-state index in [0.717, 1.165) is 0 Å². The number of rotatable bonds is 5. The summed E-state index contributed by atoms with van der Waals surface area (Å²) in [6.45, 7) is 1.77. The molecule has 60 valence electrons. The fourth-order valence-electron chi connectivity index (χ4n) is 0.634. The minimum atomic E-state index is 0.289. The normalized spacial score (nSPS) is 9.09. The molecule has 4 nitrogen and oxygen atoms in total. The molecule has 0 radical (unpaired) electrons. The van der Waals surface area contributed by atoms with E-state index in [-0.39, 0.29) is 13.1 Å². The van der Waals surface area contributed by atoms with Gasteiger partial charge in [0.2, 0.25) is 0 Å². The molecule has 0 saturated carbocycles. The van der Waals surface area contributed by atoms with Crippen molar-refractivity contribution in [2.24, 2.45) is 0 Å². The van der Waals surface area contributed by atoms with Gasteiger partial charge < -0.3 is 4.74 Å². The van der Waals surface area contributed by atoms with Crippen LogP contribution in [0, 0.1) is 22.7 Å². The van der Waals surface area contributed by atoms with E-state index in [0.29, 0.717) is 13.2 Å². The average molecular weight is 153 g/mol. The van der Waals surface area contributed by atoms with Crippen molar-refractivity contribution < 1.29 is 4.74 Å². The molecule has 0 aromatic carbocycles. The van der Waals surface area contributed by atoms with Crippen LogP contribution in [0.2, 0.25) is 0 Å². The van der Waals surface area contributed by atoms with Gasteiger partial charge in [-0.05, 0) is 0 Å². The molecular formula is C7H11N3O. The predicted octanol–water partition coefficient (Wildman–Crippen LogP) is -0.0180. The summed E-state index contributed by atoms with van der Waals surface area (Å²) in [6, 6.07) is 3.96. The summed E-state index contributed by atoms with van der Waals surface area (Å²) in [4.78, 5) is 1.73. The Kier molecular flexibility index (Phi) is 6.31. The third-order valence-electron chi connectivity index (χ3n) is 1.20. The molecule has 4 heteroatoms. The van der Waals surface area contributed by atoms with Gasteiger partial charge in [0, 0.05) is 13.7 Å². The summed E-state index contributed by atoms with van der Waals surface area (Å²) in [6.07, 6.45) is 0. The molecule has 0 aliphatic carbocycles. The van der Waals surface area contributed by atoms with Crippen LogP contribution in [-0.2, 0) is 4.74 Å². The molecule has 0 heterocycles. The van der Waals surface area contributed by atoms with E-state index in [1.165, 1.54) is 0 Å². The second-order valence-corrected chi connectivity index (χ2v) is 2.02. The van der Waals surface area contributed by atoms with Crippen molar-refractivity contribution in [3.05, 3.63) is 0 Å². The van der Waals surface area contributed by atoms with Crippen molar-refractivity contribution in [3.8, 4) is 12.1 Å². The molecular weight excluding hydrogens is 142 g/mol. The van der Waals surface area contributed by atoms with Crippen LogP contribution in [0.4, 0.5) is 0 Å². The summed E-state index contributed by atoms with van der Waals surface area (Å²) in [5, 5.41) is 16.6. The molecule has 0 rings (SSSR count). The fraction of sp³-hybridized carbons (Fsp3) is 0.714. The second-order valence-electron chi connectivity index (χ2n) is 2.02. The predicted molar refractivity (Wildman–Crippen MR) is 39.5 cm³/mol. The minimum Gasteiger partial charge on any atom is -0.383 e. The number of hydrogen-bond acceptors (Lipinski definition) is 4. The molecule has 0 fully saturated rings. The maximum atomic E-state index is 8.32. The number of methoxy groups -OCH3 is 1. The van der Waals surface area contributed by atoms with Gasteiger partial charge in [-0.2, -0.15) is 10.5 Å². The van der Waals surface area contributed by atoms with Gasteiger partial charge in [-0.25, -0.2) is 0 Å². The maximum Gasteiger partial charge on any atom is 0.0875 e. The first-order valence-corrected chi connectivity index (χ1v) is 3.30. The van der Waals surface area contributed by atoms with Gasteiger partial charge in [0.1, 0.15) is 0 Å². The minimum absolute atomic E-state index is 0.289. The Labute approximate surface area is 66.6 Å². The number of ether oxygens (including phenoxy) is 1. The Morgan fingerprint density at radius 3 is 2.18 bits per heavy atom. The first-order valence-electron chi connectivity index (χ1n) is 3.30. The van der Waals surface area contributed by atoms with Gasteiger partial charge in [-0.15, -0.1) is 0 Å². The smallest absolute Gasteiger partial charge is 0.0875 e. The van der Waals surface area contributed by atoms with Crippen molar-refractivity contribution in [1.82, 2.24) is 4.90 Å². The van der Waals surface area contributed by atoms with Crippen LogP contribution in [0.15, 0.2) is 0 Å². The number of hydrogen-bond donors (Lipinski definition) is 0. The quantitative estimate of drug-likeness (QED) is 0.521. The highest BCUT2D eigenvalue weighted by Crippen LogP contribution is 1.85. The molecule has 0 atom stereocenters. The molecule has 0 N–H and O–H groups in total. The molecule has 0 bridgehead atoms. The molecule has 11 heavy (non-hydrogen) atoms. The molecule has 0 aromatic heterocycles.